The summed E-state index contributed by atoms with van der Waals surface area (Å²) in [5.74, 6) is -3.55. The first-order valence-corrected chi connectivity index (χ1v) is 13.7. The Bertz CT molecular complexity index is 1440. The second-order valence-electron chi connectivity index (χ2n) is 12.7. The molecule has 8 aliphatic rings. The number of carbonyl (C=O) groups excluding carboxylic acids is 4. The van der Waals surface area contributed by atoms with Crippen molar-refractivity contribution in [3.05, 3.63) is 46.3 Å². The Hall–Kier alpha value is -2.76. The molecule has 5 aliphatic heterocycles. The van der Waals surface area contributed by atoms with Gasteiger partial charge in [0, 0.05) is 23.0 Å². The van der Waals surface area contributed by atoms with Crippen molar-refractivity contribution in [2.45, 2.75) is 95.5 Å². The van der Waals surface area contributed by atoms with E-state index in [4.69, 9.17) is 18.9 Å². The molecule has 4 fully saturated rings. The van der Waals surface area contributed by atoms with E-state index >= 15 is 0 Å². The molecular formula is C30H32O10. The summed E-state index contributed by atoms with van der Waals surface area (Å²) >= 11 is 0. The van der Waals surface area contributed by atoms with Crippen molar-refractivity contribution in [1.82, 2.24) is 0 Å². The van der Waals surface area contributed by atoms with Crippen molar-refractivity contribution in [3.8, 4) is 0 Å². The van der Waals surface area contributed by atoms with Crippen molar-refractivity contribution in [2.24, 2.45) is 17.3 Å². The summed E-state index contributed by atoms with van der Waals surface area (Å²) in [4.78, 5) is 56.9. The molecule has 0 radical (unpaired) electrons. The molecule has 12 atom stereocenters. The quantitative estimate of drug-likeness (QED) is 0.379. The van der Waals surface area contributed by atoms with E-state index in [2.05, 4.69) is 0 Å². The molecule has 3 aliphatic carbocycles. The molecule has 40 heavy (non-hydrogen) atoms. The van der Waals surface area contributed by atoms with Crippen molar-refractivity contribution in [2.75, 3.05) is 0 Å². The number of Topliss-reactive ketones (excluding diaryl/α,β-unsaturated/α-hetero) is 4. The molecule has 10 nitrogen and oxygen atoms in total. The molecule has 1 spiro atoms. The van der Waals surface area contributed by atoms with E-state index in [0.717, 1.165) is 11.1 Å². The van der Waals surface area contributed by atoms with Crippen LogP contribution >= 0.6 is 0 Å². The van der Waals surface area contributed by atoms with Crippen LogP contribution in [0, 0.1) is 17.3 Å². The van der Waals surface area contributed by atoms with Crippen LogP contribution in [0.25, 0.3) is 0 Å². The van der Waals surface area contributed by atoms with Crippen molar-refractivity contribution >= 4 is 23.1 Å². The molecule has 0 aromatic heterocycles. The average molecular weight is 553 g/mol. The first kappa shape index (κ1) is 26.2. The Morgan fingerprint density at radius 3 is 2.00 bits per heavy atom. The van der Waals surface area contributed by atoms with Gasteiger partial charge in [-0.15, -0.1) is 0 Å². The molecule has 8 rings (SSSR count). The topological polar surface area (TPSA) is 152 Å². The Balaban J connectivity index is 1.42. The van der Waals surface area contributed by atoms with Gasteiger partial charge in [0.05, 0.1) is 24.0 Å². The minimum atomic E-state index is -1.80. The zero-order valence-corrected chi connectivity index (χ0v) is 23.1. The molecule has 0 aromatic rings. The summed E-state index contributed by atoms with van der Waals surface area (Å²) in [6, 6.07) is 0. The third-order valence-corrected chi connectivity index (χ3v) is 9.92. The summed E-state index contributed by atoms with van der Waals surface area (Å²) in [5, 5.41) is 22.0. The first-order valence-electron chi connectivity index (χ1n) is 13.7. The van der Waals surface area contributed by atoms with Crippen LogP contribution in [-0.4, -0.2) is 87.3 Å². The number of epoxide rings is 2. The maximum atomic E-state index is 14.6. The summed E-state index contributed by atoms with van der Waals surface area (Å²) in [6.07, 6.45) is -3.41. The van der Waals surface area contributed by atoms with E-state index < -0.39 is 94.3 Å². The number of hydrogen-bond donors (Lipinski definition) is 2. The lowest BCUT2D eigenvalue weighted by atomic mass is 9.44. The molecule has 0 amide bonds. The van der Waals surface area contributed by atoms with Gasteiger partial charge in [0.1, 0.15) is 23.7 Å². The van der Waals surface area contributed by atoms with Gasteiger partial charge < -0.3 is 29.2 Å². The van der Waals surface area contributed by atoms with Crippen LogP contribution in [0.4, 0.5) is 0 Å². The molecule has 0 aromatic carbocycles. The minimum absolute atomic E-state index is 0.0153. The number of ketones is 4. The zero-order valence-electron chi connectivity index (χ0n) is 23.1. The zero-order chi connectivity index (χ0) is 28.8. The van der Waals surface area contributed by atoms with Crippen LogP contribution in [0.15, 0.2) is 46.3 Å². The monoisotopic (exact) mass is 552 g/mol. The summed E-state index contributed by atoms with van der Waals surface area (Å²) in [5.41, 5.74) is -3.57. The van der Waals surface area contributed by atoms with Crippen LogP contribution in [0.5, 0.6) is 0 Å². The Morgan fingerprint density at radius 1 is 0.825 bits per heavy atom. The van der Waals surface area contributed by atoms with E-state index in [1.165, 1.54) is 18.4 Å². The maximum Gasteiger partial charge on any atom is 0.201 e. The molecular weight excluding hydrogens is 520 g/mol. The summed E-state index contributed by atoms with van der Waals surface area (Å²) < 4.78 is 23.8. The second-order valence-corrected chi connectivity index (χ2v) is 12.7. The number of allylic oxidation sites excluding steroid dienone is 2. The third kappa shape index (κ3) is 2.68. The van der Waals surface area contributed by atoms with Gasteiger partial charge in [0.15, 0.2) is 40.8 Å². The van der Waals surface area contributed by atoms with Gasteiger partial charge in [-0.1, -0.05) is 23.3 Å². The van der Waals surface area contributed by atoms with Gasteiger partial charge in [-0.25, -0.2) is 0 Å². The smallest absolute Gasteiger partial charge is 0.201 e. The minimum Gasteiger partial charge on any atom is -0.498 e. The van der Waals surface area contributed by atoms with Gasteiger partial charge >= 0.3 is 0 Å². The fraction of sp³-hybridized carbons (Fsp3) is 0.600. The van der Waals surface area contributed by atoms with E-state index in [-0.39, 0.29) is 16.7 Å². The molecule has 1 saturated carbocycles. The van der Waals surface area contributed by atoms with E-state index in [0.29, 0.717) is 0 Å². The number of aliphatic hydroxyl groups excluding tert-OH is 2. The van der Waals surface area contributed by atoms with E-state index in [9.17, 15) is 29.4 Å². The van der Waals surface area contributed by atoms with Crippen LogP contribution in [-0.2, 0) is 38.1 Å². The number of hydrogen-bond acceptors (Lipinski definition) is 10. The van der Waals surface area contributed by atoms with Crippen molar-refractivity contribution in [3.63, 3.8) is 0 Å². The van der Waals surface area contributed by atoms with Crippen LogP contribution < -0.4 is 0 Å². The van der Waals surface area contributed by atoms with Crippen LogP contribution in [0.3, 0.4) is 0 Å². The van der Waals surface area contributed by atoms with Crippen molar-refractivity contribution < 1.29 is 48.3 Å². The standard InChI is InChI=1S/C30H32O10/c1-10(2)7-15(31)29-22(34)14-9-37-13(6)20-17-12(5)38-25(28(14,20)24(36)27(29)40-29)19-18(17)21(33)26-30(39-26,23(19)35)16(32)8-11(3)4/h7-9,12-13,15-17,20,25-27,31-32H,1-6H3/t12-,13-,15+,16+,17+,20-,25+,26+,27+,28+,29+,30+/m0/s1. The largest absolute Gasteiger partial charge is 0.498 e. The number of carbonyl (C=O) groups is 4. The molecule has 2 N–H and O–H groups in total. The van der Waals surface area contributed by atoms with Crippen molar-refractivity contribution in [1.29, 1.82) is 0 Å². The van der Waals surface area contributed by atoms with E-state index in [1.54, 1.807) is 41.5 Å². The number of aliphatic hydroxyl groups is 2. The number of fused-ring (bicyclic) bond motifs is 3. The SMILES string of the molecule is CC(C)=C[C@@H](O)[C@]12O[C@@H]1C(=O)C1=C(C2=O)[C@H]2O[C@@H](C)[C@H]1[C@@H]1[C@H](C)OC=C3C(=O)[C@@]4([C@H](O)C=C(C)C)O[C@@H]4C(=O)[C@@]312. The number of rotatable bonds is 4. The average Bonchev–Trinajstić information content (AvgIpc) is 3.78. The Labute approximate surface area is 230 Å². The van der Waals surface area contributed by atoms with Gasteiger partial charge in [-0.05, 0) is 41.5 Å². The Morgan fingerprint density at radius 2 is 1.40 bits per heavy atom. The summed E-state index contributed by atoms with van der Waals surface area (Å²) in [7, 11) is 0. The second kappa shape index (κ2) is 7.74. The molecule has 5 heterocycles. The van der Waals surface area contributed by atoms with Gasteiger partial charge in [-0.3, -0.25) is 19.2 Å². The lowest BCUT2D eigenvalue weighted by Crippen LogP contribution is -2.73. The van der Waals surface area contributed by atoms with Gasteiger partial charge in [-0.2, -0.15) is 0 Å². The fourth-order valence-electron chi connectivity index (χ4n) is 8.27. The lowest BCUT2D eigenvalue weighted by Gasteiger charge is -2.62. The first-order chi connectivity index (χ1) is 18.8. The molecule has 0 unspecified atom stereocenters. The van der Waals surface area contributed by atoms with E-state index in [1.807, 2.05) is 0 Å². The predicted octanol–water partition coefficient (Wildman–Crippen LogP) is 0.838. The molecule has 3 saturated heterocycles. The normalized spacial score (nSPS) is 47.0. The highest BCUT2D eigenvalue weighted by atomic mass is 16.6. The van der Waals surface area contributed by atoms with Crippen LogP contribution in [0.1, 0.15) is 41.5 Å². The van der Waals surface area contributed by atoms with Gasteiger partial charge in [0.25, 0.3) is 0 Å². The van der Waals surface area contributed by atoms with Gasteiger partial charge in [0.2, 0.25) is 5.78 Å². The fourth-order valence-corrected chi connectivity index (χ4v) is 8.27. The highest BCUT2D eigenvalue weighted by Crippen LogP contribution is 2.69. The highest BCUT2D eigenvalue weighted by molar-refractivity contribution is 6.26. The lowest BCUT2D eigenvalue weighted by molar-refractivity contribution is -0.205. The predicted molar refractivity (Wildman–Crippen MR) is 136 cm³/mol. The van der Waals surface area contributed by atoms with Crippen LogP contribution in [0.2, 0.25) is 0 Å². The number of ether oxygens (including phenoxy) is 4. The third-order valence-electron chi connectivity index (χ3n) is 9.92. The molecule has 2 bridgehead atoms. The summed E-state index contributed by atoms with van der Waals surface area (Å²) in [6.45, 7) is 10.6. The molecule has 212 valence electrons. The Kier molecular flexibility index (Phi) is 5.06. The highest BCUT2D eigenvalue weighted by Gasteiger charge is 2.86. The maximum absolute atomic E-state index is 14.6. The molecule has 10 heteroatoms.